The van der Waals surface area contributed by atoms with Crippen LogP contribution in [0.15, 0.2) is 29.8 Å². The molecule has 1 aromatic heterocycles. The lowest BCUT2D eigenvalue weighted by Gasteiger charge is -2.20. The fourth-order valence-electron chi connectivity index (χ4n) is 3.20. The van der Waals surface area contributed by atoms with Crippen LogP contribution in [0.1, 0.15) is 24.2 Å². The topological polar surface area (TPSA) is 66.3 Å². The van der Waals surface area contributed by atoms with Gasteiger partial charge in [-0.05, 0) is 43.2 Å². The molecule has 0 unspecified atom stereocenters. The third kappa shape index (κ3) is 2.54. The normalized spacial score (nSPS) is 16.2. The van der Waals surface area contributed by atoms with Gasteiger partial charge >= 0.3 is 5.97 Å². The van der Waals surface area contributed by atoms with Gasteiger partial charge in [0.2, 0.25) is 0 Å². The van der Waals surface area contributed by atoms with Crippen molar-refractivity contribution in [1.82, 2.24) is 9.97 Å². The molecule has 2 heterocycles. The van der Waals surface area contributed by atoms with E-state index in [1.165, 1.54) is 12.1 Å². The Hall–Kier alpha value is -2.76. The number of fused-ring (bicyclic) bond motifs is 1. The van der Waals surface area contributed by atoms with Gasteiger partial charge in [0, 0.05) is 30.6 Å². The molecule has 1 saturated heterocycles. The van der Waals surface area contributed by atoms with E-state index >= 15 is 0 Å². The van der Waals surface area contributed by atoms with Gasteiger partial charge in [0.15, 0.2) is 5.82 Å². The molecule has 4 rings (SSSR count). The van der Waals surface area contributed by atoms with Crippen LogP contribution in [0.2, 0.25) is 0 Å². The number of carboxylic acids is 1. The van der Waals surface area contributed by atoms with Crippen molar-refractivity contribution < 1.29 is 14.3 Å². The molecule has 0 bridgehead atoms. The van der Waals surface area contributed by atoms with Gasteiger partial charge in [-0.15, -0.1) is 0 Å². The molecule has 1 aliphatic carbocycles. The zero-order valence-corrected chi connectivity index (χ0v) is 13.0. The average molecular weight is 325 g/mol. The third-order valence-corrected chi connectivity index (χ3v) is 4.45. The number of nitrogens with zero attached hydrogens (tertiary/aromatic N) is 3. The van der Waals surface area contributed by atoms with E-state index in [1.54, 1.807) is 18.2 Å². The molecular weight excluding hydrogens is 309 g/mol. The second kappa shape index (κ2) is 5.70. The lowest BCUT2D eigenvalue weighted by atomic mass is 10.1. The quantitative estimate of drug-likeness (QED) is 0.940. The maximum Gasteiger partial charge on any atom is 0.332 e. The number of hydrogen-bond donors (Lipinski definition) is 1. The van der Waals surface area contributed by atoms with Crippen LogP contribution < -0.4 is 4.90 Å². The Labute approximate surface area is 138 Å². The van der Waals surface area contributed by atoms with Gasteiger partial charge in [-0.2, -0.15) is 0 Å². The second-order valence-corrected chi connectivity index (χ2v) is 6.08. The van der Waals surface area contributed by atoms with Gasteiger partial charge in [-0.1, -0.05) is 0 Å². The molecule has 2 aromatic rings. The van der Waals surface area contributed by atoms with Gasteiger partial charge in [-0.25, -0.2) is 19.2 Å². The minimum absolute atomic E-state index is 0.294. The molecule has 24 heavy (non-hydrogen) atoms. The van der Waals surface area contributed by atoms with Crippen LogP contribution in [0.3, 0.4) is 0 Å². The monoisotopic (exact) mass is 325 g/mol. The Morgan fingerprint density at radius 1 is 1.12 bits per heavy atom. The van der Waals surface area contributed by atoms with E-state index in [1.807, 2.05) is 0 Å². The van der Waals surface area contributed by atoms with E-state index in [-0.39, 0.29) is 5.82 Å². The zero-order valence-electron chi connectivity index (χ0n) is 13.0. The zero-order chi connectivity index (χ0) is 16.7. The number of benzene rings is 1. The largest absolute Gasteiger partial charge is 0.478 e. The van der Waals surface area contributed by atoms with Crippen LogP contribution >= 0.6 is 0 Å². The summed E-state index contributed by atoms with van der Waals surface area (Å²) >= 11 is 0. The first-order chi connectivity index (χ1) is 11.6. The summed E-state index contributed by atoms with van der Waals surface area (Å²) in [7, 11) is 0. The summed E-state index contributed by atoms with van der Waals surface area (Å²) < 4.78 is 13.2. The summed E-state index contributed by atoms with van der Waals surface area (Å²) in [6.45, 7) is 1.81. The molecule has 6 heteroatoms. The van der Waals surface area contributed by atoms with Crippen molar-refractivity contribution >= 4 is 17.9 Å². The Morgan fingerprint density at radius 2 is 1.83 bits per heavy atom. The van der Waals surface area contributed by atoms with Gasteiger partial charge in [0.1, 0.15) is 11.5 Å². The van der Waals surface area contributed by atoms with Crippen molar-refractivity contribution in [3.05, 3.63) is 47.0 Å². The molecule has 0 saturated carbocycles. The first-order valence-corrected chi connectivity index (χ1v) is 7.97. The Kier molecular flexibility index (Phi) is 3.52. The predicted octanol–water partition coefficient (Wildman–Crippen LogP) is 2.91. The van der Waals surface area contributed by atoms with Crippen molar-refractivity contribution in [3.8, 4) is 11.3 Å². The number of halogens is 1. The molecule has 2 aliphatic rings. The fraction of sp³-hybridized carbons (Fsp3) is 0.278. The first kappa shape index (κ1) is 14.8. The van der Waals surface area contributed by atoms with E-state index in [9.17, 15) is 14.3 Å². The van der Waals surface area contributed by atoms with Crippen molar-refractivity contribution in [2.24, 2.45) is 0 Å². The third-order valence-electron chi connectivity index (χ3n) is 4.45. The van der Waals surface area contributed by atoms with Gasteiger partial charge in [0.25, 0.3) is 0 Å². The molecule has 1 N–H and O–H groups in total. The summed E-state index contributed by atoms with van der Waals surface area (Å²) in [4.78, 5) is 22.8. The van der Waals surface area contributed by atoms with Crippen LogP contribution in [0.25, 0.3) is 17.3 Å². The number of aromatic nitrogens is 2. The smallest absolute Gasteiger partial charge is 0.332 e. The highest BCUT2D eigenvalue weighted by atomic mass is 19.1. The maximum absolute atomic E-state index is 13.2. The second-order valence-electron chi connectivity index (χ2n) is 6.08. The molecule has 0 amide bonds. The SMILES string of the molecule is O=C(O)C1=Cc2nc(-c3ccc(F)cc3)c(N3CCCC3)nc2C1. The molecule has 122 valence electrons. The summed E-state index contributed by atoms with van der Waals surface area (Å²) in [6, 6.07) is 6.16. The van der Waals surface area contributed by atoms with Gasteiger partial charge < -0.3 is 10.0 Å². The van der Waals surface area contributed by atoms with Crippen LogP contribution in [0, 0.1) is 5.82 Å². The van der Waals surface area contributed by atoms with Crippen molar-refractivity contribution in [1.29, 1.82) is 0 Å². The van der Waals surface area contributed by atoms with Crippen molar-refractivity contribution in [2.45, 2.75) is 19.3 Å². The highest BCUT2D eigenvalue weighted by molar-refractivity contribution is 5.95. The minimum Gasteiger partial charge on any atom is -0.478 e. The maximum atomic E-state index is 13.2. The highest BCUT2D eigenvalue weighted by Crippen LogP contribution is 2.34. The molecule has 1 fully saturated rings. The highest BCUT2D eigenvalue weighted by Gasteiger charge is 2.26. The summed E-state index contributed by atoms with van der Waals surface area (Å²) in [6.07, 6.45) is 4.06. The molecule has 0 spiro atoms. The van der Waals surface area contributed by atoms with Crippen molar-refractivity contribution in [3.63, 3.8) is 0 Å². The van der Waals surface area contributed by atoms with Crippen LogP contribution in [0.4, 0.5) is 10.2 Å². The summed E-state index contributed by atoms with van der Waals surface area (Å²) in [5, 5.41) is 9.21. The number of carboxylic acid groups (broad SMARTS) is 1. The fourth-order valence-corrected chi connectivity index (χ4v) is 3.20. The van der Waals surface area contributed by atoms with Gasteiger partial charge in [0.05, 0.1) is 11.4 Å². The average Bonchev–Trinajstić information content (AvgIpc) is 3.23. The Bertz CT molecular complexity index is 840. The molecule has 1 aliphatic heterocycles. The Balaban J connectivity index is 1.84. The van der Waals surface area contributed by atoms with E-state index in [0.29, 0.717) is 29.1 Å². The number of anilines is 1. The van der Waals surface area contributed by atoms with E-state index in [2.05, 4.69) is 9.88 Å². The number of aliphatic carboxylic acids is 1. The van der Waals surface area contributed by atoms with Crippen LogP contribution in [-0.2, 0) is 11.2 Å². The molecular formula is C18H16FN3O2. The standard InChI is InChI=1S/C18H16FN3O2/c19-13-5-3-11(4-6-13)16-17(22-7-1-2-8-22)21-15-10-12(18(23)24)9-14(15)20-16/h3-6,9H,1-2,7-8,10H2,(H,23,24). The predicted molar refractivity (Wildman–Crippen MR) is 88.2 cm³/mol. The van der Waals surface area contributed by atoms with E-state index in [4.69, 9.17) is 4.98 Å². The molecule has 1 aromatic carbocycles. The number of carbonyl (C=O) groups is 1. The Morgan fingerprint density at radius 3 is 2.50 bits per heavy atom. The number of rotatable bonds is 3. The number of hydrogen-bond acceptors (Lipinski definition) is 4. The lowest BCUT2D eigenvalue weighted by Crippen LogP contribution is -2.21. The summed E-state index contributed by atoms with van der Waals surface area (Å²) in [5.74, 6) is -0.484. The molecule has 5 nitrogen and oxygen atoms in total. The van der Waals surface area contributed by atoms with Crippen LogP contribution in [0.5, 0.6) is 0 Å². The molecule has 0 atom stereocenters. The lowest BCUT2D eigenvalue weighted by molar-refractivity contribution is -0.132. The molecule has 0 radical (unpaired) electrons. The van der Waals surface area contributed by atoms with Gasteiger partial charge in [-0.3, -0.25) is 0 Å². The first-order valence-electron chi connectivity index (χ1n) is 7.97. The van der Waals surface area contributed by atoms with Crippen LogP contribution in [-0.4, -0.2) is 34.1 Å². The summed E-state index contributed by atoms with van der Waals surface area (Å²) in [5.41, 5.74) is 3.05. The van der Waals surface area contributed by atoms with Crippen molar-refractivity contribution in [2.75, 3.05) is 18.0 Å². The van der Waals surface area contributed by atoms with E-state index in [0.717, 1.165) is 37.3 Å². The van der Waals surface area contributed by atoms with E-state index < -0.39 is 5.97 Å². The minimum atomic E-state index is -0.944.